The molecule has 0 amide bonds. The first-order chi connectivity index (χ1) is 9.33. The van der Waals surface area contributed by atoms with Gasteiger partial charge in [-0.2, -0.15) is 0 Å². The van der Waals surface area contributed by atoms with Gasteiger partial charge in [-0.05, 0) is 30.9 Å². The standard InChI is InChI=1S/C16H16O2S/c1-2-18-16(17)13-9-7-5-3-4-6-8-11-15-12-10-14-19-15/h9-10,12-14H,2-4,6H2,1H3/b13-9+. The van der Waals surface area contributed by atoms with E-state index in [9.17, 15) is 4.79 Å². The van der Waals surface area contributed by atoms with Crippen LogP contribution in [0.3, 0.4) is 0 Å². The number of allylic oxidation sites excluding steroid dienone is 1. The summed E-state index contributed by atoms with van der Waals surface area (Å²) in [5.41, 5.74) is 0. The molecule has 0 spiro atoms. The third kappa shape index (κ3) is 7.86. The fourth-order valence-electron chi connectivity index (χ4n) is 1.20. The molecule has 2 nitrogen and oxygen atoms in total. The van der Waals surface area contributed by atoms with Crippen molar-refractivity contribution in [2.75, 3.05) is 6.61 Å². The monoisotopic (exact) mass is 272 g/mol. The van der Waals surface area contributed by atoms with Gasteiger partial charge in [-0.15, -0.1) is 11.3 Å². The third-order valence-corrected chi connectivity index (χ3v) is 2.81. The van der Waals surface area contributed by atoms with E-state index in [1.165, 1.54) is 12.2 Å². The molecule has 0 saturated carbocycles. The van der Waals surface area contributed by atoms with Gasteiger partial charge in [0.05, 0.1) is 11.5 Å². The summed E-state index contributed by atoms with van der Waals surface area (Å²) in [4.78, 5) is 12.0. The van der Waals surface area contributed by atoms with Crippen LogP contribution in [0.1, 0.15) is 31.1 Å². The number of carbonyl (C=O) groups is 1. The highest BCUT2D eigenvalue weighted by Gasteiger charge is 1.89. The molecular formula is C16H16O2S. The average molecular weight is 272 g/mol. The van der Waals surface area contributed by atoms with Crippen molar-refractivity contribution < 1.29 is 9.53 Å². The van der Waals surface area contributed by atoms with E-state index in [-0.39, 0.29) is 5.97 Å². The lowest BCUT2D eigenvalue weighted by atomic mass is 10.2. The van der Waals surface area contributed by atoms with Gasteiger partial charge in [0.1, 0.15) is 0 Å². The fourth-order valence-corrected chi connectivity index (χ4v) is 1.79. The van der Waals surface area contributed by atoms with E-state index in [2.05, 4.69) is 23.7 Å². The van der Waals surface area contributed by atoms with Crippen LogP contribution in [0.25, 0.3) is 0 Å². The molecule has 0 aliphatic rings. The van der Waals surface area contributed by atoms with Crippen molar-refractivity contribution in [3.05, 3.63) is 34.5 Å². The summed E-state index contributed by atoms with van der Waals surface area (Å²) in [6.45, 7) is 2.16. The van der Waals surface area contributed by atoms with Gasteiger partial charge < -0.3 is 4.74 Å². The van der Waals surface area contributed by atoms with E-state index in [0.29, 0.717) is 6.61 Å². The average Bonchev–Trinajstić information content (AvgIpc) is 2.90. The molecule has 0 unspecified atom stereocenters. The molecule has 98 valence electrons. The Bertz CT molecular complexity index is 519. The van der Waals surface area contributed by atoms with Crippen LogP contribution in [0, 0.1) is 23.7 Å². The van der Waals surface area contributed by atoms with Gasteiger partial charge in [0.15, 0.2) is 0 Å². The molecule has 0 radical (unpaired) electrons. The van der Waals surface area contributed by atoms with Gasteiger partial charge in [0, 0.05) is 18.9 Å². The molecule has 0 aliphatic carbocycles. The normalized spacial score (nSPS) is 9.32. The molecule has 0 aromatic carbocycles. The number of hydrogen-bond donors (Lipinski definition) is 0. The van der Waals surface area contributed by atoms with Crippen LogP contribution in [-0.4, -0.2) is 12.6 Å². The van der Waals surface area contributed by atoms with Crippen molar-refractivity contribution in [2.45, 2.75) is 26.2 Å². The molecule has 1 aromatic heterocycles. The first-order valence-corrected chi connectivity index (χ1v) is 7.05. The summed E-state index contributed by atoms with van der Waals surface area (Å²) in [6, 6.07) is 4.01. The molecule has 0 bridgehead atoms. The van der Waals surface area contributed by atoms with Crippen LogP contribution in [0.4, 0.5) is 0 Å². The van der Waals surface area contributed by atoms with Crippen molar-refractivity contribution in [2.24, 2.45) is 0 Å². The fraction of sp³-hybridized carbons (Fsp3) is 0.312. The number of carbonyl (C=O) groups excluding carboxylic acids is 1. The van der Waals surface area contributed by atoms with Crippen molar-refractivity contribution in [3.63, 3.8) is 0 Å². The van der Waals surface area contributed by atoms with Crippen LogP contribution in [0.2, 0.25) is 0 Å². The highest BCUT2D eigenvalue weighted by Crippen LogP contribution is 2.05. The van der Waals surface area contributed by atoms with Gasteiger partial charge in [-0.25, -0.2) is 4.79 Å². The number of unbranched alkanes of at least 4 members (excludes halogenated alkanes) is 2. The first kappa shape index (κ1) is 15.1. The Balaban J connectivity index is 2.13. The Morgan fingerprint density at radius 3 is 3.00 bits per heavy atom. The van der Waals surface area contributed by atoms with E-state index in [0.717, 1.165) is 24.1 Å². The largest absolute Gasteiger partial charge is 0.463 e. The molecule has 1 rings (SSSR count). The lowest BCUT2D eigenvalue weighted by Gasteiger charge is -1.91. The van der Waals surface area contributed by atoms with Crippen LogP contribution >= 0.6 is 11.3 Å². The lowest BCUT2D eigenvalue weighted by molar-refractivity contribution is -0.137. The summed E-state index contributed by atoms with van der Waals surface area (Å²) in [7, 11) is 0. The topological polar surface area (TPSA) is 26.3 Å². The molecule has 0 atom stereocenters. The zero-order valence-corrected chi connectivity index (χ0v) is 11.8. The summed E-state index contributed by atoms with van der Waals surface area (Å²) >= 11 is 1.65. The minimum Gasteiger partial charge on any atom is -0.463 e. The number of ether oxygens (including phenoxy) is 1. The molecule has 19 heavy (non-hydrogen) atoms. The summed E-state index contributed by atoms with van der Waals surface area (Å²) in [5, 5.41) is 2.02. The van der Waals surface area contributed by atoms with E-state index >= 15 is 0 Å². The highest BCUT2D eigenvalue weighted by molar-refractivity contribution is 7.10. The maximum absolute atomic E-state index is 10.9. The Morgan fingerprint density at radius 1 is 1.42 bits per heavy atom. The molecule has 0 N–H and O–H groups in total. The Hall–Kier alpha value is -1.97. The minimum atomic E-state index is -0.349. The molecule has 0 saturated heterocycles. The second kappa shape index (κ2) is 10.00. The zero-order valence-electron chi connectivity index (χ0n) is 10.9. The quantitative estimate of drug-likeness (QED) is 0.363. The second-order valence-electron chi connectivity index (χ2n) is 3.54. The Morgan fingerprint density at radius 2 is 2.26 bits per heavy atom. The van der Waals surface area contributed by atoms with Gasteiger partial charge in [0.25, 0.3) is 0 Å². The van der Waals surface area contributed by atoms with Gasteiger partial charge in [-0.3, -0.25) is 0 Å². The van der Waals surface area contributed by atoms with Crippen LogP contribution in [0.5, 0.6) is 0 Å². The molecule has 1 aromatic rings. The zero-order chi connectivity index (χ0) is 13.8. The van der Waals surface area contributed by atoms with Gasteiger partial charge in [-0.1, -0.05) is 29.7 Å². The number of rotatable bonds is 4. The van der Waals surface area contributed by atoms with Crippen molar-refractivity contribution in [1.82, 2.24) is 0 Å². The number of esters is 1. The van der Waals surface area contributed by atoms with Crippen molar-refractivity contribution in [1.29, 1.82) is 0 Å². The predicted octanol–water partition coefficient (Wildman–Crippen LogP) is 3.39. The highest BCUT2D eigenvalue weighted by atomic mass is 32.1. The summed E-state index contributed by atoms with van der Waals surface area (Å²) < 4.78 is 4.73. The first-order valence-electron chi connectivity index (χ1n) is 6.17. The van der Waals surface area contributed by atoms with E-state index < -0.39 is 0 Å². The SMILES string of the molecule is CCOC(=O)/C=C/C#CCCCC#Cc1cccs1. The van der Waals surface area contributed by atoms with Crippen LogP contribution < -0.4 is 0 Å². The molecule has 1 heterocycles. The number of thiophene rings is 1. The van der Waals surface area contributed by atoms with E-state index in [1.54, 1.807) is 18.3 Å². The maximum atomic E-state index is 10.9. The van der Waals surface area contributed by atoms with Crippen molar-refractivity contribution in [3.8, 4) is 23.7 Å². The third-order valence-electron chi connectivity index (χ3n) is 2.03. The number of hydrogen-bond acceptors (Lipinski definition) is 3. The Kier molecular flexibility index (Phi) is 7.94. The maximum Gasteiger partial charge on any atom is 0.331 e. The second-order valence-corrected chi connectivity index (χ2v) is 4.49. The molecule has 3 heteroatoms. The lowest BCUT2D eigenvalue weighted by Crippen LogP contribution is -1.98. The van der Waals surface area contributed by atoms with Crippen molar-refractivity contribution >= 4 is 17.3 Å². The van der Waals surface area contributed by atoms with E-state index in [4.69, 9.17) is 4.74 Å². The summed E-state index contributed by atoms with van der Waals surface area (Å²) in [5.74, 6) is 11.6. The molecule has 0 aliphatic heterocycles. The predicted molar refractivity (Wildman–Crippen MR) is 78.6 cm³/mol. The smallest absolute Gasteiger partial charge is 0.331 e. The minimum absolute atomic E-state index is 0.349. The van der Waals surface area contributed by atoms with Gasteiger partial charge in [0.2, 0.25) is 0 Å². The summed E-state index contributed by atoms with van der Waals surface area (Å²) in [6.07, 6.45) is 5.43. The molecule has 0 fully saturated rings. The van der Waals surface area contributed by atoms with Crippen LogP contribution in [0.15, 0.2) is 29.7 Å². The van der Waals surface area contributed by atoms with Gasteiger partial charge >= 0.3 is 5.97 Å². The molecular weight excluding hydrogens is 256 g/mol. The van der Waals surface area contributed by atoms with E-state index in [1.807, 2.05) is 17.5 Å². The van der Waals surface area contributed by atoms with Crippen LogP contribution in [-0.2, 0) is 9.53 Å². The Labute approximate surface area is 118 Å².